The normalized spacial score (nSPS) is 10.7. The zero-order valence-corrected chi connectivity index (χ0v) is 17.6. The molecule has 4 rings (SSSR count). The van der Waals surface area contributed by atoms with Gasteiger partial charge in [-0.15, -0.1) is 0 Å². The minimum atomic E-state index is -0.166. The summed E-state index contributed by atoms with van der Waals surface area (Å²) in [6.07, 6.45) is 3.25. The fourth-order valence-corrected chi connectivity index (χ4v) is 3.70. The number of hydrogen-bond donors (Lipinski definition) is 1. The van der Waals surface area contributed by atoms with Crippen LogP contribution in [0.15, 0.2) is 89.8 Å². The second kappa shape index (κ2) is 8.45. The van der Waals surface area contributed by atoms with Crippen LogP contribution in [0.4, 0.5) is 0 Å². The second-order valence-electron chi connectivity index (χ2n) is 6.78. The molecule has 0 saturated heterocycles. The molecule has 0 bridgehead atoms. The zero-order chi connectivity index (χ0) is 20.2. The number of halogens is 1. The molecule has 1 amide bonds. The molecule has 0 aliphatic rings. The van der Waals surface area contributed by atoms with Crippen molar-refractivity contribution >= 4 is 21.8 Å². The second-order valence-corrected chi connectivity index (χ2v) is 7.64. The molecule has 1 N–H and O–H groups in total. The van der Waals surface area contributed by atoms with E-state index in [4.69, 9.17) is 0 Å². The molecule has 0 radical (unpaired) electrons. The molecular formula is C24H20BrN3O. The molecule has 4 nitrogen and oxygen atoms in total. The Morgan fingerprint density at radius 2 is 1.72 bits per heavy atom. The van der Waals surface area contributed by atoms with Gasteiger partial charge in [-0.2, -0.15) is 0 Å². The maximum atomic E-state index is 12.7. The van der Waals surface area contributed by atoms with Crippen LogP contribution in [0.3, 0.4) is 0 Å². The summed E-state index contributed by atoms with van der Waals surface area (Å²) in [6.45, 7) is 2.55. The average Bonchev–Trinajstić information content (AvgIpc) is 3.23. The lowest BCUT2D eigenvalue weighted by atomic mass is 10.0. The number of aromatic nitrogens is 2. The quantitative estimate of drug-likeness (QED) is 0.438. The Hall–Kier alpha value is -3.18. The molecule has 0 spiro atoms. The van der Waals surface area contributed by atoms with Gasteiger partial charge in [-0.25, -0.2) is 4.98 Å². The number of imidazole rings is 1. The van der Waals surface area contributed by atoms with E-state index in [2.05, 4.69) is 57.4 Å². The highest BCUT2D eigenvalue weighted by molar-refractivity contribution is 9.10. The van der Waals surface area contributed by atoms with Gasteiger partial charge in [0.2, 0.25) is 0 Å². The van der Waals surface area contributed by atoms with E-state index >= 15 is 0 Å². The minimum absolute atomic E-state index is 0.166. The van der Waals surface area contributed by atoms with E-state index in [9.17, 15) is 4.79 Å². The molecule has 1 aromatic heterocycles. The highest BCUT2D eigenvalue weighted by Gasteiger charge is 2.13. The van der Waals surface area contributed by atoms with Gasteiger partial charge in [0.15, 0.2) is 0 Å². The lowest BCUT2D eigenvalue weighted by Gasteiger charge is -2.11. The molecule has 4 aromatic rings. The van der Waals surface area contributed by atoms with Crippen molar-refractivity contribution in [2.24, 2.45) is 0 Å². The number of benzene rings is 3. The number of amides is 1. The van der Waals surface area contributed by atoms with E-state index in [1.54, 1.807) is 17.1 Å². The SMILES string of the molecule is Cc1ccccc1-c1ccc(-n2cncc2C(=O)NCc2ccccc2Br)cc1. The summed E-state index contributed by atoms with van der Waals surface area (Å²) in [4.78, 5) is 16.9. The number of nitrogens with one attached hydrogen (secondary N) is 1. The van der Waals surface area contributed by atoms with E-state index in [0.29, 0.717) is 12.2 Å². The Balaban J connectivity index is 1.54. The van der Waals surface area contributed by atoms with Gasteiger partial charge in [-0.1, -0.05) is 70.5 Å². The molecule has 1 heterocycles. The maximum absolute atomic E-state index is 12.7. The first kappa shape index (κ1) is 19.2. The van der Waals surface area contributed by atoms with Gasteiger partial charge in [-0.05, 0) is 47.4 Å². The third-order valence-electron chi connectivity index (χ3n) is 4.87. The molecule has 5 heteroatoms. The predicted octanol–water partition coefficient (Wildman–Crippen LogP) is 5.54. The number of rotatable bonds is 5. The Morgan fingerprint density at radius 3 is 2.48 bits per heavy atom. The maximum Gasteiger partial charge on any atom is 0.270 e. The van der Waals surface area contributed by atoms with Crippen molar-refractivity contribution in [2.45, 2.75) is 13.5 Å². The highest BCUT2D eigenvalue weighted by atomic mass is 79.9. The Morgan fingerprint density at radius 1 is 1.00 bits per heavy atom. The van der Waals surface area contributed by atoms with Crippen LogP contribution in [0.25, 0.3) is 16.8 Å². The minimum Gasteiger partial charge on any atom is -0.347 e. The third kappa shape index (κ3) is 4.15. The largest absolute Gasteiger partial charge is 0.347 e. The van der Waals surface area contributed by atoms with Crippen LogP contribution in [0, 0.1) is 6.92 Å². The summed E-state index contributed by atoms with van der Waals surface area (Å²) in [5, 5.41) is 2.97. The van der Waals surface area contributed by atoms with Crippen molar-refractivity contribution in [1.82, 2.24) is 14.9 Å². The van der Waals surface area contributed by atoms with Crippen LogP contribution in [0.1, 0.15) is 21.6 Å². The van der Waals surface area contributed by atoms with Crippen LogP contribution < -0.4 is 5.32 Å². The van der Waals surface area contributed by atoms with Crippen molar-refractivity contribution in [3.8, 4) is 16.8 Å². The Labute approximate surface area is 178 Å². The molecule has 29 heavy (non-hydrogen) atoms. The smallest absolute Gasteiger partial charge is 0.270 e. The first-order chi connectivity index (χ1) is 14.1. The van der Waals surface area contributed by atoms with Crippen molar-refractivity contribution in [3.63, 3.8) is 0 Å². The fraction of sp³-hybridized carbons (Fsp3) is 0.0833. The molecule has 0 unspecified atom stereocenters. The standard InChI is InChI=1S/C24H20BrN3O/c1-17-6-2-4-8-21(17)18-10-12-20(13-11-18)28-16-26-15-23(28)24(29)27-14-19-7-3-5-9-22(19)25/h2-13,15-16H,14H2,1H3,(H,27,29). The summed E-state index contributed by atoms with van der Waals surface area (Å²) in [5.74, 6) is -0.166. The Bertz CT molecular complexity index is 1150. The predicted molar refractivity (Wildman–Crippen MR) is 119 cm³/mol. The average molecular weight is 446 g/mol. The summed E-state index contributed by atoms with van der Waals surface area (Å²) >= 11 is 3.51. The number of hydrogen-bond acceptors (Lipinski definition) is 2. The van der Waals surface area contributed by atoms with Crippen molar-refractivity contribution < 1.29 is 4.79 Å². The Kier molecular flexibility index (Phi) is 5.58. The van der Waals surface area contributed by atoms with Crippen molar-refractivity contribution in [1.29, 1.82) is 0 Å². The third-order valence-corrected chi connectivity index (χ3v) is 5.64. The van der Waals surface area contributed by atoms with Gasteiger partial charge in [0.05, 0.1) is 12.5 Å². The van der Waals surface area contributed by atoms with Crippen LogP contribution in [0.2, 0.25) is 0 Å². The van der Waals surface area contributed by atoms with E-state index in [-0.39, 0.29) is 5.91 Å². The van der Waals surface area contributed by atoms with Crippen molar-refractivity contribution in [3.05, 3.63) is 107 Å². The van der Waals surface area contributed by atoms with Gasteiger partial charge in [-0.3, -0.25) is 9.36 Å². The molecule has 0 aliphatic heterocycles. The van der Waals surface area contributed by atoms with E-state index < -0.39 is 0 Å². The summed E-state index contributed by atoms with van der Waals surface area (Å²) in [6, 6.07) is 24.3. The first-order valence-electron chi connectivity index (χ1n) is 9.34. The van der Waals surface area contributed by atoms with Crippen LogP contribution in [0.5, 0.6) is 0 Å². The topological polar surface area (TPSA) is 46.9 Å². The van der Waals surface area contributed by atoms with Crippen LogP contribution in [-0.4, -0.2) is 15.5 Å². The molecule has 0 aliphatic carbocycles. The molecule has 144 valence electrons. The monoisotopic (exact) mass is 445 g/mol. The van der Waals surface area contributed by atoms with Gasteiger partial charge >= 0.3 is 0 Å². The molecular weight excluding hydrogens is 426 g/mol. The summed E-state index contributed by atoms with van der Waals surface area (Å²) < 4.78 is 2.78. The number of carbonyl (C=O) groups excluding carboxylic acids is 1. The molecule has 0 fully saturated rings. The van der Waals surface area contributed by atoms with Gasteiger partial charge < -0.3 is 5.32 Å². The number of carbonyl (C=O) groups is 1. The molecule has 0 saturated carbocycles. The summed E-state index contributed by atoms with van der Waals surface area (Å²) in [5.41, 5.74) is 6.00. The van der Waals surface area contributed by atoms with Crippen molar-refractivity contribution in [2.75, 3.05) is 0 Å². The lowest BCUT2D eigenvalue weighted by molar-refractivity contribution is 0.0944. The zero-order valence-electron chi connectivity index (χ0n) is 16.0. The van der Waals surface area contributed by atoms with Gasteiger partial charge in [0, 0.05) is 16.7 Å². The van der Waals surface area contributed by atoms with Crippen LogP contribution >= 0.6 is 15.9 Å². The lowest BCUT2D eigenvalue weighted by Crippen LogP contribution is -2.25. The number of aryl methyl sites for hydroxylation is 1. The van der Waals surface area contributed by atoms with Gasteiger partial charge in [0.25, 0.3) is 5.91 Å². The molecule has 3 aromatic carbocycles. The highest BCUT2D eigenvalue weighted by Crippen LogP contribution is 2.24. The number of nitrogens with zero attached hydrogens (tertiary/aromatic N) is 2. The van der Waals surface area contributed by atoms with Gasteiger partial charge in [0.1, 0.15) is 5.69 Å². The molecule has 0 atom stereocenters. The van der Waals surface area contributed by atoms with E-state index in [0.717, 1.165) is 21.3 Å². The van der Waals surface area contributed by atoms with Crippen LogP contribution in [-0.2, 0) is 6.54 Å². The van der Waals surface area contributed by atoms with E-state index in [1.807, 2.05) is 48.5 Å². The summed E-state index contributed by atoms with van der Waals surface area (Å²) in [7, 11) is 0. The van der Waals surface area contributed by atoms with E-state index in [1.165, 1.54) is 11.1 Å². The first-order valence-corrected chi connectivity index (χ1v) is 10.1. The fourth-order valence-electron chi connectivity index (χ4n) is 3.27.